The Hall–Kier alpha value is -1.82. The third-order valence-corrected chi connectivity index (χ3v) is 4.07. The lowest BCUT2D eigenvalue weighted by atomic mass is 10.1. The van der Waals surface area contributed by atoms with Crippen molar-refractivity contribution in [3.63, 3.8) is 0 Å². The average molecular weight is 337 g/mol. The average Bonchev–Trinajstić information content (AvgIpc) is 2.90. The summed E-state index contributed by atoms with van der Waals surface area (Å²) in [4.78, 5) is 19.3. The second kappa shape index (κ2) is 4.94. The highest BCUT2D eigenvalue weighted by atomic mass is 79.9. The minimum absolute atomic E-state index is 0.0276. The molecule has 0 bridgehead atoms. The van der Waals surface area contributed by atoms with Gasteiger partial charge in [-0.1, -0.05) is 0 Å². The van der Waals surface area contributed by atoms with Crippen LogP contribution in [0.1, 0.15) is 17.7 Å². The minimum Gasteiger partial charge on any atom is -0.503 e. The van der Waals surface area contributed by atoms with E-state index in [4.69, 9.17) is 4.74 Å². The lowest BCUT2D eigenvalue weighted by Crippen LogP contribution is -2.15. The van der Waals surface area contributed by atoms with Gasteiger partial charge >= 0.3 is 0 Å². The number of rotatable bonds is 2. The Balaban J connectivity index is 2.17. The third-order valence-electron chi connectivity index (χ3n) is 3.46. The molecule has 1 heterocycles. The molecule has 0 saturated heterocycles. The van der Waals surface area contributed by atoms with Crippen LogP contribution >= 0.6 is 15.9 Å². The van der Waals surface area contributed by atoms with Crippen molar-refractivity contribution in [2.24, 2.45) is 0 Å². The van der Waals surface area contributed by atoms with E-state index in [0.717, 1.165) is 30.5 Å². The molecule has 2 N–H and O–H groups in total. The number of aryl methyl sites for hydroxylation is 1. The summed E-state index contributed by atoms with van der Waals surface area (Å²) in [6.07, 6.45) is 2.60. The smallest absolute Gasteiger partial charge is 0.254 e. The van der Waals surface area contributed by atoms with Gasteiger partial charge in [-0.3, -0.25) is 4.79 Å². The summed E-state index contributed by atoms with van der Waals surface area (Å²) in [6, 6.07) is 3.36. The normalized spacial score (nSPS) is 13.3. The number of aromatic amines is 1. The van der Waals surface area contributed by atoms with E-state index >= 15 is 0 Å². The third kappa shape index (κ3) is 2.10. The van der Waals surface area contributed by atoms with Gasteiger partial charge < -0.3 is 14.8 Å². The number of nitrogens with zero attached hydrogens (tertiary/aromatic N) is 1. The Labute approximate surface area is 123 Å². The molecule has 0 atom stereocenters. The van der Waals surface area contributed by atoms with E-state index in [0.29, 0.717) is 21.6 Å². The van der Waals surface area contributed by atoms with E-state index in [2.05, 4.69) is 25.9 Å². The van der Waals surface area contributed by atoms with E-state index in [1.54, 1.807) is 12.1 Å². The van der Waals surface area contributed by atoms with Gasteiger partial charge in [0.05, 0.1) is 17.3 Å². The maximum absolute atomic E-state index is 12.0. The number of ether oxygens (including phenoxy) is 1. The molecule has 3 rings (SSSR count). The molecule has 1 aliphatic rings. The number of halogens is 1. The van der Waals surface area contributed by atoms with Crippen LogP contribution in [0.25, 0.3) is 11.4 Å². The Morgan fingerprint density at radius 3 is 2.95 bits per heavy atom. The SMILES string of the molecule is COc1cc(-c2nc3c(c(=O)[nH]2)CCC3)cc(Br)c1O. The first-order chi connectivity index (χ1) is 9.60. The van der Waals surface area contributed by atoms with Crippen LogP contribution in [0.3, 0.4) is 0 Å². The zero-order valence-corrected chi connectivity index (χ0v) is 12.5. The van der Waals surface area contributed by atoms with Crippen molar-refractivity contribution >= 4 is 15.9 Å². The number of hydrogen-bond acceptors (Lipinski definition) is 4. The summed E-state index contributed by atoms with van der Waals surface area (Å²) in [7, 11) is 1.48. The van der Waals surface area contributed by atoms with Crippen LogP contribution in [0.4, 0.5) is 0 Å². The first kappa shape index (κ1) is 13.2. The summed E-state index contributed by atoms with van der Waals surface area (Å²) in [5.41, 5.74) is 2.27. The fourth-order valence-corrected chi connectivity index (χ4v) is 2.89. The fourth-order valence-electron chi connectivity index (χ4n) is 2.44. The van der Waals surface area contributed by atoms with Gasteiger partial charge in [0, 0.05) is 11.1 Å². The zero-order valence-electron chi connectivity index (χ0n) is 10.9. The predicted molar refractivity (Wildman–Crippen MR) is 78.2 cm³/mol. The maximum atomic E-state index is 12.0. The summed E-state index contributed by atoms with van der Waals surface area (Å²) in [6.45, 7) is 0. The Bertz CT molecular complexity index is 740. The fraction of sp³-hybridized carbons (Fsp3) is 0.286. The molecule has 1 aromatic heterocycles. The van der Waals surface area contributed by atoms with Gasteiger partial charge in [-0.15, -0.1) is 0 Å². The topological polar surface area (TPSA) is 75.2 Å². The molecule has 1 aromatic carbocycles. The molecule has 2 aromatic rings. The lowest BCUT2D eigenvalue weighted by molar-refractivity contribution is 0.372. The van der Waals surface area contributed by atoms with Crippen LogP contribution in [0, 0.1) is 0 Å². The molecule has 0 radical (unpaired) electrons. The van der Waals surface area contributed by atoms with E-state index in [-0.39, 0.29) is 11.3 Å². The monoisotopic (exact) mass is 336 g/mol. The summed E-state index contributed by atoms with van der Waals surface area (Å²) >= 11 is 3.27. The molecular formula is C14H13BrN2O3. The second-order valence-electron chi connectivity index (χ2n) is 4.70. The standard InChI is InChI=1S/C14H13BrN2O3/c1-20-11-6-7(5-9(15)12(11)18)13-16-10-4-2-3-8(10)14(19)17-13/h5-6,18H,2-4H2,1H3,(H,16,17,19). The first-order valence-electron chi connectivity index (χ1n) is 6.29. The van der Waals surface area contributed by atoms with E-state index in [1.165, 1.54) is 7.11 Å². The number of fused-ring (bicyclic) bond motifs is 1. The van der Waals surface area contributed by atoms with Gasteiger partial charge in [-0.05, 0) is 47.3 Å². The van der Waals surface area contributed by atoms with Crippen LogP contribution in [-0.2, 0) is 12.8 Å². The van der Waals surface area contributed by atoms with Gasteiger partial charge in [-0.25, -0.2) is 4.98 Å². The molecule has 5 nitrogen and oxygen atoms in total. The molecule has 0 spiro atoms. The number of nitrogens with one attached hydrogen (secondary N) is 1. The number of phenols is 1. The van der Waals surface area contributed by atoms with Crippen molar-refractivity contribution in [1.82, 2.24) is 9.97 Å². The number of methoxy groups -OCH3 is 1. The molecule has 0 saturated carbocycles. The molecular weight excluding hydrogens is 324 g/mol. The second-order valence-corrected chi connectivity index (χ2v) is 5.56. The van der Waals surface area contributed by atoms with Gasteiger partial charge in [-0.2, -0.15) is 0 Å². The van der Waals surface area contributed by atoms with E-state index in [1.807, 2.05) is 0 Å². The highest BCUT2D eigenvalue weighted by molar-refractivity contribution is 9.10. The summed E-state index contributed by atoms with van der Waals surface area (Å²) in [5, 5.41) is 9.81. The van der Waals surface area contributed by atoms with Crippen LogP contribution in [0.5, 0.6) is 11.5 Å². The van der Waals surface area contributed by atoms with Gasteiger partial charge in [0.1, 0.15) is 5.82 Å². The number of benzene rings is 1. The molecule has 20 heavy (non-hydrogen) atoms. The number of H-pyrrole nitrogens is 1. The van der Waals surface area contributed by atoms with Crippen LogP contribution in [-0.4, -0.2) is 22.2 Å². The van der Waals surface area contributed by atoms with Gasteiger partial charge in [0.25, 0.3) is 5.56 Å². The number of phenolic OH excluding ortho intramolecular Hbond substituents is 1. The molecule has 104 valence electrons. The molecule has 6 heteroatoms. The Kier molecular flexibility index (Phi) is 3.25. The van der Waals surface area contributed by atoms with E-state index in [9.17, 15) is 9.90 Å². The quantitative estimate of drug-likeness (QED) is 0.882. The van der Waals surface area contributed by atoms with Gasteiger partial charge in [0.15, 0.2) is 11.5 Å². The highest BCUT2D eigenvalue weighted by Crippen LogP contribution is 2.37. The molecule has 0 aliphatic heterocycles. The maximum Gasteiger partial charge on any atom is 0.254 e. The Morgan fingerprint density at radius 2 is 2.20 bits per heavy atom. The zero-order chi connectivity index (χ0) is 14.3. The predicted octanol–water partition coefficient (Wildman–Crippen LogP) is 2.40. The van der Waals surface area contributed by atoms with E-state index < -0.39 is 0 Å². The number of aromatic hydroxyl groups is 1. The van der Waals surface area contributed by atoms with Crippen molar-refractivity contribution in [2.45, 2.75) is 19.3 Å². The van der Waals surface area contributed by atoms with Crippen LogP contribution in [0.15, 0.2) is 21.4 Å². The lowest BCUT2D eigenvalue weighted by Gasteiger charge is -2.09. The van der Waals surface area contributed by atoms with Crippen molar-refractivity contribution in [3.8, 4) is 22.9 Å². The van der Waals surface area contributed by atoms with Crippen LogP contribution in [0.2, 0.25) is 0 Å². The first-order valence-corrected chi connectivity index (χ1v) is 7.08. The number of aromatic nitrogens is 2. The Morgan fingerprint density at radius 1 is 1.40 bits per heavy atom. The molecule has 0 fully saturated rings. The number of hydrogen-bond donors (Lipinski definition) is 2. The minimum atomic E-state index is -0.0781. The van der Waals surface area contributed by atoms with Crippen molar-refractivity contribution in [3.05, 3.63) is 38.2 Å². The molecule has 0 amide bonds. The summed E-state index contributed by atoms with van der Waals surface area (Å²) < 4.78 is 5.61. The van der Waals surface area contributed by atoms with Crippen molar-refractivity contribution < 1.29 is 9.84 Å². The molecule has 1 aliphatic carbocycles. The largest absolute Gasteiger partial charge is 0.503 e. The molecule has 0 unspecified atom stereocenters. The van der Waals surface area contributed by atoms with Crippen molar-refractivity contribution in [1.29, 1.82) is 0 Å². The van der Waals surface area contributed by atoms with Crippen LogP contribution < -0.4 is 10.3 Å². The summed E-state index contributed by atoms with van der Waals surface area (Å²) in [5.74, 6) is 0.854. The highest BCUT2D eigenvalue weighted by Gasteiger charge is 2.18. The van der Waals surface area contributed by atoms with Crippen molar-refractivity contribution in [2.75, 3.05) is 7.11 Å². The van der Waals surface area contributed by atoms with Gasteiger partial charge in [0.2, 0.25) is 0 Å².